The summed E-state index contributed by atoms with van der Waals surface area (Å²) in [6, 6.07) is 7.47. The van der Waals surface area contributed by atoms with E-state index >= 15 is 0 Å². The number of anilines is 1. The zero-order valence-corrected chi connectivity index (χ0v) is 15.8. The number of rotatable bonds is 3. The molecule has 1 aliphatic carbocycles. The summed E-state index contributed by atoms with van der Waals surface area (Å²) in [5, 5.41) is 3.02. The molecule has 2 rings (SSSR count). The van der Waals surface area contributed by atoms with Gasteiger partial charge in [-0.05, 0) is 37.3 Å². The van der Waals surface area contributed by atoms with Crippen LogP contribution in [0.5, 0.6) is 0 Å². The molecule has 0 radical (unpaired) electrons. The molecule has 1 aromatic carbocycles. The van der Waals surface area contributed by atoms with Gasteiger partial charge in [0, 0.05) is 12.7 Å². The van der Waals surface area contributed by atoms with Crippen LogP contribution in [-0.2, 0) is 4.74 Å². The molecule has 1 N–H and O–H groups in total. The van der Waals surface area contributed by atoms with Crippen molar-refractivity contribution < 1.29 is 9.53 Å². The van der Waals surface area contributed by atoms with E-state index in [2.05, 4.69) is 26.1 Å². The minimum Gasteiger partial charge on any atom is -0.459 e. The van der Waals surface area contributed by atoms with Crippen molar-refractivity contribution in [3.63, 3.8) is 0 Å². The van der Waals surface area contributed by atoms with Crippen molar-refractivity contribution in [3.05, 3.63) is 29.8 Å². The molecule has 0 saturated heterocycles. The van der Waals surface area contributed by atoms with Crippen LogP contribution in [-0.4, -0.2) is 19.1 Å². The van der Waals surface area contributed by atoms with E-state index in [1.165, 1.54) is 12.8 Å². The Hall–Kier alpha value is -1.51. The maximum Gasteiger partial charge on any atom is 0.340 e. The smallest absolute Gasteiger partial charge is 0.340 e. The molecular weight excluding hydrogens is 286 g/mol. The fraction of sp³-hybridized carbons (Fsp3) is 0.650. The maximum atomic E-state index is 12.1. The number of hydrogen-bond acceptors (Lipinski definition) is 3. The summed E-state index contributed by atoms with van der Waals surface area (Å²) in [7, 11) is 1.81. The van der Waals surface area contributed by atoms with E-state index in [0.29, 0.717) is 11.5 Å². The van der Waals surface area contributed by atoms with E-state index in [0.717, 1.165) is 24.9 Å². The normalized spacial score (nSPS) is 19.4. The Kier molecular flexibility index (Phi) is 12.1. The van der Waals surface area contributed by atoms with Crippen molar-refractivity contribution in [2.45, 2.75) is 72.8 Å². The highest BCUT2D eigenvalue weighted by Crippen LogP contribution is 2.27. The lowest BCUT2D eigenvalue weighted by atomic mass is 9.89. The fourth-order valence-corrected chi connectivity index (χ4v) is 2.58. The van der Waals surface area contributed by atoms with E-state index in [-0.39, 0.29) is 12.1 Å². The molecule has 0 aromatic heterocycles. The van der Waals surface area contributed by atoms with Gasteiger partial charge in [-0.1, -0.05) is 59.6 Å². The lowest BCUT2D eigenvalue weighted by Crippen LogP contribution is -2.24. The topological polar surface area (TPSA) is 38.3 Å². The van der Waals surface area contributed by atoms with E-state index in [1.807, 2.05) is 39.1 Å². The monoisotopic (exact) mass is 321 g/mol. The lowest BCUT2D eigenvalue weighted by molar-refractivity contribution is 0.0156. The van der Waals surface area contributed by atoms with Crippen molar-refractivity contribution in [1.29, 1.82) is 0 Å². The largest absolute Gasteiger partial charge is 0.459 e. The SMILES string of the molecule is CC.CCC.CNc1ccccc1C(=O)O[C@H]1CCC[C@@H](C)C1. The van der Waals surface area contributed by atoms with Crippen molar-refractivity contribution in [2.75, 3.05) is 12.4 Å². The highest BCUT2D eigenvalue weighted by Gasteiger charge is 2.23. The van der Waals surface area contributed by atoms with Crippen LogP contribution in [0.1, 0.15) is 77.1 Å². The Balaban J connectivity index is 0.000000868. The summed E-state index contributed by atoms with van der Waals surface area (Å²) >= 11 is 0. The average Bonchev–Trinajstić information content (AvgIpc) is 2.57. The molecule has 2 atom stereocenters. The number of nitrogens with one attached hydrogen (secondary N) is 1. The highest BCUT2D eigenvalue weighted by atomic mass is 16.5. The molecule has 0 unspecified atom stereocenters. The van der Waals surface area contributed by atoms with Gasteiger partial charge in [-0.25, -0.2) is 4.79 Å². The van der Waals surface area contributed by atoms with E-state index < -0.39 is 0 Å². The maximum absolute atomic E-state index is 12.1. The Morgan fingerprint density at radius 2 is 1.83 bits per heavy atom. The first-order valence-corrected chi connectivity index (χ1v) is 9.10. The quantitative estimate of drug-likeness (QED) is 0.704. The van der Waals surface area contributed by atoms with Crippen LogP contribution >= 0.6 is 0 Å². The molecule has 23 heavy (non-hydrogen) atoms. The standard InChI is InChI=1S/C15H21NO2.C3H8.C2H6/c1-11-6-5-7-12(10-11)18-15(17)13-8-3-4-9-14(13)16-2;1-3-2;1-2/h3-4,8-9,11-12,16H,5-7,10H2,1-2H3;3H2,1-2H3;1-2H3/t11-,12+;;/m1../s1. The summed E-state index contributed by atoms with van der Waals surface area (Å²) in [6.07, 6.45) is 5.74. The number of ether oxygens (including phenoxy) is 1. The lowest BCUT2D eigenvalue weighted by Gasteiger charge is -2.26. The predicted octanol–water partition coefficient (Wildman–Crippen LogP) is 5.91. The summed E-state index contributed by atoms with van der Waals surface area (Å²) in [5.41, 5.74) is 1.45. The van der Waals surface area contributed by atoms with Crippen LogP contribution in [0.25, 0.3) is 0 Å². The van der Waals surface area contributed by atoms with Gasteiger partial charge in [-0.3, -0.25) is 0 Å². The zero-order valence-electron chi connectivity index (χ0n) is 15.8. The second-order valence-corrected chi connectivity index (χ2v) is 5.80. The van der Waals surface area contributed by atoms with Gasteiger partial charge < -0.3 is 10.1 Å². The number of carbonyl (C=O) groups excluding carboxylic acids is 1. The first-order valence-electron chi connectivity index (χ1n) is 9.10. The fourth-order valence-electron chi connectivity index (χ4n) is 2.58. The van der Waals surface area contributed by atoms with Gasteiger partial charge in [0.05, 0.1) is 5.56 Å². The Bertz CT molecular complexity index is 431. The van der Waals surface area contributed by atoms with Gasteiger partial charge in [-0.15, -0.1) is 0 Å². The van der Waals surface area contributed by atoms with Crippen LogP contribution in [0.15, 0.2) is 24.3 Å². The molecule has 3 nitrogen and oxygen atoms in total. The molecule has 0 spiro atoms. The van der Waals surface area contributed by atoms with Crippen LogP contribution < -0.4 is 5.32 Å². The van der Waals surface area contributed by atoms with Gasteiger partial charge in [0.2, 0.25) is 0 Å². The van der Waals surface area contributed by atoms with Crippen molar-refractivity contribution in [1.82, 2.24) is 0 Å². The molecule has 0 aliphatic heterocycles. The third kappa shape index (κ3) is 8.06. The van der Waals surface area contributed by atoms with E-state index in [9.17, 15) is 4.79 Å². The minimum atomic E-state index is -0.209. The zero-order chi connectivity index (χ0) is 17.7. The average molecular weight is 322 g/mol. The van der Waals surface area contributed by atoms with Crippen molar-refractivity contribution in [3.8, 4) is 0 Å². The molecule has 0 amide bonds. The molecule has 1 aromatic rings. The number of carbonyl (C=O) groups is 1. The van der Waals surface area contributed by atoms with Crippen molar-refractivity contribution >= 4 is 11.7 Å². The van der Waals surface area contributed by atoms with Gasteiger partial charge in [0.15, 0.2) is 0 Å². The number of esters is 1. The Labute approximate surface area is 142 Å². The Morgan fingerprint density at radius 3 is 2.39 bits per heavy atom. The predicted molar refractivity (Wildman–Crippen MR) is 100 cm³/mol. The van der Waals surface area contributed by atoms with Gasteiger partial charge >= 0.3 is 5.97 Å². The second-order valence-electron chi connectivity index (χ2n) is 5.80. The molecule has 1 saturated carbocycles. The second kappa shape index (κ2) is 13.0. The molecule has 0 bridgehead atoms. The molecule has 1 fully saturated rings. The van der Waals surface area contributed by atoms with Crippen molar-refractivity contribution in [2.24, 2.45) is 5.92 Å². The third-order valence-electron chi connectivity index (χ3n) is 3.58. The van der Waals surface area contributed by atoms with Gasteiger partial charge in [0.1, 0.15) is 6.10 Å². The summed E-state index contributed by atoms with van der Waals surface area (Å²) < 4.78 is 5.61. The summed E-state index contributed by atoms with van der Waals surface area (Å²) in [4.78, 5) is 12.1. The van der Waals surface area contributed by atoms with E-state index in [4.69, 9.17) is 4.74 Å². The minimum absolute atomic E-state index is 0.0890. The first kappa shape index (κ1) is 21.5. The third-order valence-corrected chi connectivity index (χ3v) is 3.58. The van der Waals surface area contributed by atoms with Crippen LogP contribution in [0.2, 0.25) is 0 Å². The molecule has 3 heteroatoms. The van der Waals surface area contributed by atoms with Crippen LogP contribution in [0, 0.1) is 5.92 Å². The summed E-state index contributed by atoms with van der Waals surface area (Å²) in [6.45, 7) is 10.5. The van der Waals surface area contributed by atoms with Gasteiger partial charge in [0.25, 0.3) is 0 Å². The number of hydrogen-bond donors (Lipinski definition) is 1. The highest BCUT2D eigenvalue weighted by molar-refractivity contribution is 5.95. The number of benzene rings is 1. The summed E-state index contributed by atoms with van der Waals surface area (Å²) in [5.74, 6) is 0.454. The first-order chi connectivity index (χ1) is 11.1. The molecule has 1 aliphatic rings. The molecule has 132 valence electrons. The van der Waals surface area contributed by atoms with Gasteiger partial charge in [-0.2, -0.15) is 0 Å². The number of para-hydroxylation sites is 1. The molecule has 0 heterocycles. The van der Waals surface area contributed by atoms with E-state index in [1.54, 1.807) is 6.07 Å². The van der Waals surface area contributed by atoms with Crippen LogP contribution in [0.4, 0.5) is 5.69 Å². The molecular formula is C20H35NO2. The van der Waals surface area contributed by atoms with Crippen LogP contribution in [0.3, 0.4) is 0 Å². The Morgan fingerprint density at radius 1 is 1.22 bits per heavy atom.